The molecule has 36 heavy (non-hydrogen) atoms. The second-order valence-corrected chi connectivity index (χ2v) is 8.00. The summed E-state index contributed by atoms with van der Waals surface area (Å²) < 4.78 is 11.9. The van der Waals surface area contributed by atoms with Crippen molar-refractivity contribution in [2.75, 3.05) is 23.8 Å². The van der Waals surface area contributed by atoms with Crippen LogP contribution in [-0.4, -0.2) is 34.6 Å². The molecule has 0 atom stereocenters. The van der Waals surface area contributed by atoms with Gasteiger partial charge in [-0.15, -0.1) is 0 Å². The smallest absolute Gasteiger partial charge is 0.338 e. The number of unbranched alkanes of at least 4 members (excludes halogenated alkanes) is 1. The predicted octanol–water partition coefficient (Wildman–Crippen LogP) is 2.71. The first-order chi connectivity index (χ1) is 17.3. The van der Waals surface area contributed by atoms with Crippen LogP contribution in [0.25, 0.3) is 0 Å². The van der Waals surface area contributed by atoms with Gasteiger partial charge in [0, 0.05) is 6.54 Å². The van der Waals surface area contributed by atoms with Crippen LogP contribution in [0.15, 0.2) is 64.2 Å². The van der Waals surface area contributed by atoms with Crippen molar-refractivity contribution >= 4 is 23.4 Å². The van der Waals surface area contributed by atoms with Crippen LogP contribution in [0.1, 0.15) is 42.6 Å². The number of hydrogen-bond donors (Lipinski definition) is 2. The first-order valence-corrected chi connectivity index (χ1v) is 11.7. The highest BCUT2D eigenvalue weighted by atomic mass is 16.5. The third-order valence-electron chi connectivity index (χ3n) is 5.43. The summed E-state index contributed by atoms with van der Waals surface area (Å²) >= 11 is 0. The van der Waals surface area contributed by atoms with Crippen molar-refractivity contribution < 1.29 is 19.1 Å². The lowest BCUT2D eigenvalue weighted by Crippen LogP contribution is -2.42. The Balaban J connectivity index is 1.89. The van der Waals surface area contributed by atoms with Crippen LogP contribution in [0.4, 0.5) is 11.5 Å². The number of carbonyl (C=O) groups is 2. The molecule has 0 aliphatic heterocycles. The van der Waals surface area contributed by atoms with E-state index in [-0.39, 0.29) is 24.7 Å². The van der Waals surface area contributed by atoms with E-state index in [1.165, 1.54) is 21.6 Å². The van der Waals surface area contributed by atoms with Crippen molar-refractivity contribution in [2.45, 2.75) is 39.8 Å². The van der Waals surface area contributed by atoms with Gasteiger partial charge in [-0.3, -0.25) is 24.0 Å². The first-order valence-electron chi connectivity index (χ1n) is 11.7. The third kappa shape index (κ3) is 6.41. The Morgan fingerprint density at radius 3 is 2.36 bits per heavy atom. The van der Waals surface area contributed by atoms with E-state index in [1.807, 2.05) is 37.3 Å². The van der Waals surface area contributed by atoms with Gasteiger partial charge >= 0.3 is 11.7 Å². The van der Waals surface area contributed by atoms with Gasteiger partial charge < -0.3 is 15.2 Å². The Labute approximate surface area is 208 Å². The van der Waals surface area contributed by atoms with Gasteiger partial charge in [0.2, 0.25) is 0 Å². The van der Waals surface area contributed by atoms with Crippen molar-refractivity contribution in [3.8, 4) is 5.75 Å². The summed E-state index contributed by atoms with van der Waals surface area (Å²) in [6.07, 6.45) is 1.49. The van der Waals surface area contributed by atoms with E-state index in [4.69, 9.17) is 15.2 Å². The Bertz CT molecular complexity index is 1300. The number of esters is 1. The monoisotopic (exact) mass is 494 g/mol. The molecule has 0 fully saturated rings. The zero-order valence-corrected chi connectivity index (χ0v) is 20.4. The molecule has 0 spiro atoms. The first kappa shape index (κ1) is 26.3. The average Bonchev–Trinajstić information content (AvgIpc) is 2.87. The molecule has 190 valence electrons. The minimum atomic E-state index is -0.756. The number of H-pyrrole nitrogens is 1. The van der Waals surface area contributed by atoms with Crippen molar-refractivity contribution in [3.05, 3.63) is 86.6 Å². The number of amides is 1. The minimum Gasteiger partial charge on any atom is -0.484 e. The Kier molecular flexibility index (Phi) is 9.04. The third-order valence-corrected chi connectivity index (χ3v) is 5.43. The molecule has 0 saturated heterocycles. The number of ether oxygens (including phenoxy) is 2. The molecule has 3 rings (SSSR count). The summed E-state index contributed by atoms with van der Waals surface area (Å²) in [6, 6.07) is 15.3. The highest BCUT2D eigenvalue weighted by Crippen LogP contribution is 2.21. The molecule has 0 radical (unpaired) electrons. The number of nitrogens with one attached hydrogen (secondary N) is 1. The van der Waals surface area contributed by atoms with E-state index in [1.54, 1.807) is 19.1 Å². The quantitative estimate of drug-likeness (QED) is 0.391. The number of aromatic amines is 1. The van der Waals surface area contributed by atoms with Crippen LogP contribution in [0.5, 0.6) is 5.75 Å². The van der Waals surface area contributed by atoms with Gasteiger partial charge in [-0.1, -0.05) is 43.7 Å². The van der Waals surface area contributed by atoms with E-state index < -0.39 is 29.7 Å². The van der Waals surface area contributed by atoms with E-state index in [0.717, 1.165) is 12.0 Å². The maximum atomic E-state index is 13.3. The molecule has 1 amide bonds. The molecular weight excluding hydrogens is 464 g/mol. The number of benzene rings is 2. The fraction of sp³-hybridized carbons (Fsp3) is 0.308. The van der Waals surface area contributed by atoms with Gasteiger partial charge in [0.05, 0.1) is 18.7 Å². The van der Waals surface area contributed by atoms with Crippen molar-refractivity contribution in [2.24, 2.45) is 0 Å². The number of nitrogen functional groups attached to an aromatic ring is 1. The number of nitrogens with two attached hydrogens (primary N) is 1. The zero-order valence-electron chi connectivity index (χ0n) is 20.4. The molecule has 10 heteroatoms. The molecular formula is C26H30N4O6. The Morgan fingerprint density at radius 2 is 1.72 bits per heavy atom. The lowest BCUT2D eigenvalue weighted by molar-refractivity contribution is -0.120. The van der Waals surface area contributed by atoms with Gasteiger partial charge in [-0.05, 0) is 43.2 Å². The van der Waals surface area contributed by atoms with Crippen LogP contribution >= 0.6 is 0 Å². The number of rotatable bonds is 11. The lowest BCUT2D eigenvalue weighted by Gasteiger charge is -2.25. The van der Waals surface area contributed by atoms with E-state index in [0.29, 0.717) is 24.3 Å². The molecule has 0 aliphatic rings. The van der Waals surface area contributed by atoms with E-state index in [9.17, 15) is 19.2 Å². The van der Waals surface area contributed by atoms with Crippen LogP contribution < -0.4 is 26.6 Å². The molecule has 0 unspecified atom stereocenters. The van der Waals surface area contributed by atoms with E-state index >= 15 is 0 Å². The topological polar surface area (TPSA) is 137 Å². The molecule has 0 saturated carbocycles. The largest absolute Gasteiger partial charge is 0.484 e. The van der Waals surface area contributed by atoms with Crippen molar-refractivity contribution in [1.29, 1.82) is 0 Å². The normalized spacial score (nSPS) is 10.6. The SMILES string of the molecule is CCCCn1c(N)c(N(Cc2ccccc2)C(=O)COc2ccc(C(=O)OCC)cc2)c(=O)[nH]c1=O. The van der Waals surface area contributed by atoms with Gasteiger partial charge in [0.25, 0.3) is 11.5 Å². The van der Waals surface area contributed by atoms with Gasteiger partial charge in [-0.2, -0.15) is 0 Å². The Morgan fingerprint density at radius 1 is 1.03 bits per heavy atom. The van der Waals surface area contributed by atoms with E-state index in [2.05, 4.69) is 4.98 Å². The number of aromatic nitrogens is 2. The fourth-order valence-corrected chi connectivity index (χ4v) is 3.56. The molecule has 1 heterocycles. The second-order valence-electron chi connectivity index (χ2n) is 8.00. The van der Waals surface area contributed by atoms with Crippen LogP contribution in [0.2, 0.25) is 0 Å². The standard InChI is InChI=1S/C26H30N4O6/c1-3-5-15-29-23(27)22(24(32)28-26(29)34)30(16-18-9-7-6-8-10-18)21(31)17-36-20-13-11-19(12-14-20)25(33)35-4-2/h6-14H,3-5,15-17,27H2,1-2H3,(H,28,32,34). The molecule has 0 aliphatic carbocycles. The molecule has 0 bridgehead atoms. The number of nitrogens with zero attached hydrogens (tertiary/aromatic N) is 2. The highest BCUT2D eigenvalue weighted by molar-refractivity contribution is 5.96. The van der Waals surface area contributed by atoms with Crippen molar-refractivity contribution in [1.82, 2.24) is 9.55 Å². The molecule has 3 N–H and O–H groups in total. The number of anilines is 2. The highest BCUT2D eigenvalue weighted by Gasteiger charge is 2.25. The van der Waals surface area contributed by atoms with Crippen LogP contribution in [0, 0.1) is 0 Å². The van der Waals surface area contributed by atoms with Crippen molar-refractivity contribution in [3.63, 3.8) is 0 Å². The molecule has 3 aromatic rings. The fourth-order valence-electron chi connectivity index (χ4n) is 3.56. The van der Waals surface area contributed by atoms with Gasteiger partial charge in [-0.25, -0.2) is 9.59 Å². The summed E-state index contributed by atoms with van der Waals surface area (Å²) in [5.41, 5.74) is 5.88. The predicted molar refractivity (Wildman–Crippen MR) is 136 cm³/mol. The molecule has 1 aromatic heterocycles. The molecule has 10 nitrogen and oxygen atoms in total. The Hall–Kier alpha value is -4.34. The lowest BCUT2D eigenvalue weighted by atomic mass is 10.2. The maximum absolute atomic E-state index is 13.3. The minimum absolute atomic E-state index is 0.0457. The summed E-state index contributed by atoms with van der Waals surface area (Å²) in [6.45, 7) is 3.90. The average molecular weight is 495 g/mol. The maximum Gasteiger partial charge on any atom is 0.338 e. The number of carbonyl (C=O) groups excluding carboxylic acids is 2. The summed E-state index contributed by atoms with van der Waals surface area (Å²) in [7, 11) is 0. The molecule has 2 aromatic carbocycles. The van der Waals surface area contributed by atoms with Gasteiger partial charge in [0.15, 0.2) is 12.3 Å². The summed E-state index contributed by atoms with van der Waals surface area (Å²) in [5, 5.41) is 0. The van der Waals surface area contributed by atoms with Gasteiger partial charge in [0.1, 0.15) is 11.6 Å². The van der Waals surface area contributed by atoms with Crippen LogP contribution in [-0.2, 0) is 22.6 Å². The summed E-state index contributed by atoms with van der Waals surface area (Å²) in [4.78, 5) is 53.8. The second kappa shape index (κ2) is 12.4. The number of hydrogen-bond acceptors (Lipinski definition) is 7. The van der Waals surface area contributed by atoms with Crippen LogP contribution in [0.3, 0.4) is 0 Å². The summed E-state index contributed by atoms with van der Waals surface area (Å²) in [5.74, 6) is -0.723. The zero-order chi connectivity index (χ0) is 26.1.